The molecule has 2 heterocycles. The number of pyridine rings is 1. The van der Waals surface area contributed by atoms with Crippen LogP contribution in [0, 0.1) is 0 Å². The van der Waals surface area contributed by atoms with E-state index in [2.05, 4.69) is 20.6 Å². The quantitative estimate of drug-likeness (QED) is 0.423. The number of rotatable bonds is 7. The summed E-state index contributed by atoms with van der Waals surface area (Å²) < 4.78 is 0. The number of hydrogen-bond acceptors (Lipinski definition) is 6. The zero-order valence-corrected chi connectivity index (χ0v) is 16.0. The average molecular weight is 392 g/mol. The Morgan fingerprint density at radius 2 is 2.00 bits per heavy atom. The second-order valence-corrected chi connectivity index (χ2v) is 7.14. The average Bonchev–Trinajstić information content (AvgIpc) is 3.12. The van der Waals surface area contributed by atoms with Crippen LogP contribution in [0.3, 0.4) is 0 Å². The van der Waals surface area contributed by atoms with Crippen molar-refractivity contribution in [2.24, 2.45) is 0 Å². The lowest BCUT2D eigenvalue weighted by molar-refractivity contribution is 0.0973. The number of nitrogens with zero attached hydrogens (tertiary/aromatic N) is 1. The lowest BCUT2D eigenvalue weighted by atomic mass is 9.95. The Labute approximate surface area is 168 Å². The molecule has 1 aromatic carbocycles. The van der Waals surface area contributed by atoms with Gasteiger partial charge in [0.25, 0.3) is 0 Å². The first-order valence-electron chi connectivity index (χ1n) is 9.75. The standard InChI is InChI=1S/C22H24N4O3/c27-13-16(28)12-24-19-11-14(9-10-23-19)21-22(25-15-5-2-1-3-6-15)20-17(26-21)7-4-8-18(20)29/h1-3,5-6,9-11,16,25-28H,4,7-8,12-13H2,(H,23,24)/t16-/m0/s1. The SMILES string of the molecule is O=C1CCCc2[nH]c(-c3ccnc(NC[C@H](O)CO)c3)c(Nc3ccccc3)c21. The Balaban J connectivity index is 1.73. The first-order valence-corrected chi connectivity index (χ1v) is 9.75. The highest BCUT2D eigenvalue weighted by Gasteiger charge is 2.27. The predicted molar refractivity (Wildman–Crippen MR) is 113 cm³/mol. The molecule has 5 N–H and O–H groups in total. The number of anilines is 3. The molecule has 0 radical (unpaired) electrons. The molecular formula is C22H24N4O3. The van der Waals surface area contributed by atoms with Crippen LogP contribution in [-0.2, 0) is 6.42 Å². The van der Waals surface area contributed by atoms with Gasteiger partial charge in [-0.1, -0.05) is 18.2 Å². The van der Waals surface area contributed by atoms with Crippen molar-refractivity contribution in [3.8, 4) is 11.3 Å². The number of nitrogens with one attached hydrogen (secondary N) is 3. The van der Waals surface area contributed by atoms with Gasteiger partial charge in [0.1, 0.15) is 5.82 Å². The predicted octanol–water partition coefficient (Wildman–Crippen LogP) is 3.10. The third-order valence-electron chi connectivity index (χ3n) is 5.01. The molecule has 4 rings (SSSR count). The second-order valence-electron chi connectivity index (χ2n) is 7.14. The van der Waals surface area contributed by atoms with Gasteiger partial charge in [-0.2, -0.15) is 0 Å². The Morgan fingerprint density at radius 1 is 1.17 bits per heavy atom. The fraction of sp³-hybridized carbons (Fsp3) is 0.273. The van der Waals surface area contributed by atoms with E-state index < -0.39 is 6.10 Å². The van der Waals surface area contributed by atoms with E-state index in [-0.39, 0.29) is 18.9 Å². The number of aromatic nitrogens is 2. The molecule has 7 heteroatoms. The summed E-state index contributed by atoms with van der Waals surface area (Å²) in [6.45, 7) is -0.120. The summed E-state index contributed by atoms with van der Waals surface area (Å²) in [5, 5.41) is 25.0. The largest absolute Gasteiger partial charge is 0.394 e. The molecular weight excluding hydrogens is 368 g/mol. The van der Waals surface area contributed by atoms with Gasteiger partial charge in [-0.05, 0) is 37.1 Å². The number of para-hydroxylation sites is 1. The molecule has 150 valence electrons. The van der Waals surface area contributed by atoms with Crippen molar-refractivity contribution in [3.63, 3.8) is 0 Å². The zero-order valence-electron chi connectivity index (χ0n) is 16.0. The molecule has 0 bridgehead atoms. The minimum Gasteiger partial charge on any atom is -0.394 e. The number of aliphatic hydroxyl groups excluding tert-OH is 2. The topological polar surface area (TPSA) is 110 Å². The van der Waals surface area contributed by atoms with Crippen LogP contribution in [0.2, 0.25) is 0 Å². The fourth-order valence-electron chi connectivity index (χ4n) is 3.57. The van der Waals surface area contributed by atoms with Crippen molar-refractivity contribution in [1.29, 1.82) is 0 Å². The maximum atomic E-state index is 12.7. The lowest BCUT2D eigenvalue weighted by Gasteiger charge is -2.14. The van der Waals surface area contributed by atoms with Crippen LogP contribution < -0.4 is 10.6 Å². The number of aryl methyl sites for hydroxylation is 1. The molecule has 0 saturated carbocycles. The second kappa shape index (κ2) is 8.46. The van der Waals surface area contributed by atoms with E-state index in [9.17, 15) is 9.90 Å². The van der Waals surface area contributed by atoms with Crippen molar-refractivity contribution in [3.05, 3.63) is 59.9 Å². The van der Waals surface area contributed by atoms with E-state index >= 15 is 0 Å². The van der Waals surface area contributed by atoms with Crippen LogP contribution in [0.5, 0.6) is 0 Å². The summed E-state index contributed by atoms with van der Waals surface area (Å²) in [5.74, 6) is 0.727. The van der Waals surface area contributed by atoms with Crippen LogP contribution in [0.4, 0.5) is 17.2 Å². The molecule has 1 atom stereocenters. The van der Waals surface area contributed by atoms with Gasteiger partial charge in [-0.15, -0.1) is 0 Å². The highest BCUT2D eigenvalue weighted by Crippen LogP contribution is 2.39. The summed E-state index contributed by atoms with van der Waals surface area (Å²) >= 11 is 0. The molecule has 0 fully saturated rings. The van der Waals surface area contributed by atoms with E-state index in [0.717, 1.165) is 46.7 Å². The van der Waals surface area contributed by atoms with Gasteiger partial charge in [0.05, 0.1) is 29.7 Å². The van der Waals surface area contributed by atoms with E-state index in [1.54, 1.807) is 6.20 Å². The maximum Gasteiger partial charge on any atom is 0.166 e. The van der Waals surface area contributed by atoms with Crippen molar-refractivity contribution in [2.45, 2.75) is 25.4 Å². The number of carbonyl (C=O) groups is 1. The van der Waals surface area contributed by atoms with Crippen molar-refractivity contribution >= 4 is 23.0 Å². The van der Waals surface area contributed by atoms with Crippen LogP contribution in [0.1, 0.15) is 28.9 Å². The number of H-pyrrole nitrogens is 1. The summed E-state index contributed by atoms with van der Waals surface area (Å²) in [6.07, 6.45) is 3.06. The van der Waals surface area contributed by atoms with E-state index in [0.29, 0.717) is 12.2 Å². The lowest BCUT2D eigenvalue weighted by Crippen LogP contribution is -2.23. The van der Waals surface area contributed by atoms with Crippen molar-refractivity contribution in [2.75, 3.05) is 23.8 Å². The van der Waals surface area contributed by atoms with Crippen molar-refractivity contribution in [1.82, 2.24) is 9.97 Å². The molecule has 3 aromatic rings. The number of carbonyl (C=O) groups excluding carboxylic acids is 1. The smallest absolute Gasteiger partial charge is 0.166 e. The summed E-state index contributed by atoms with van der Waals surface area (Å²) in [7, 11) is 0. The molecule has 7 nitrogen and oxygen atoms in total. The van der Waals surface area contributed by atoms with Crippen LogP contribution >= 0.6 is 0 Å². The van der Waals surface area contributed by atoms with Crippen LogP contribution in [0.25, 0.3) is 11.3 Å². The number of aromatic amines is 1. The van der Waals surface area contributed by atoms with E-state index in [4.69, 9.17) is 5.11 Å². The van der Waals surface area contributed by atoms with Gasteiger partial charge in [-0.25, -0.2) is 4.98 Å². The minimum absolute atomic E-state index is 0.144. The van der Waals surface area contributed by atoms with Gasteiger partial charge < -0.3 is 25.8 Å². The number of benzene rings is 1. The Bertz CT molecular complexity index is 1000. The third kappa shape index (κ3) is 4.16. The van der Waals surface area contributed by atoms with Gasteiger partial charge in [0.15, 0.2) is 5.78 Å². The molecule has 29 heavy (non-hydrogen) atoms. The van der Waals surface area contributed by atoms with Crippen LogP contribution in [0.15, 0.2) is 48.7 Å². The van der Waals surface area contributed by atoms with Crippen molar-refractivity contribution < 1.29 is 15.0 Å². The molecule has 0 unspecified atom stereocenters. The highest BCUT2D eigenvalue weighted by molar-refractivity contribution is 6.07. The monoisotopic (exact) mass is 392 g/mol. The normalized spacial score (nSPS) is 14.3. The Hall–Kier alpha value is -3.16. The third-order valence-corrected chi connectivity index (χ3v) is 5.01. The summed E-state index contributed by atoms with van der Waals surface area (Å²) in [5.41, 5.74) is 5.09. The molecule has 0 aliphatic heterocycles. The van der Waals surface area contributed by atoms with Gasteiger partial charge in [0, 0.05) is 36.1 Å². The summed E-state index contributed by atoms with van der Waals surface area (Å²) in [4.78, 5) is 20.4. The first-order chi connectivity index (χ1) is 14.2. The minimum atomic E-state index is -0.855. The van der Waals surface area contributed by atoms with Gasteiger partial charge in [-0.3, -0.25) is 4.79 Å². The van der Waals surface area contributed by atoms with Gasteiger partial charge in [0.2, 0.25) is 0 Å². The Kier molecular flexibility index (Phi) is 5.59. The van der Waals surface area contributed by atoms with Crippen LogP contribution in [-0.4, -0.2) is 45.2 Å². The molecule has 1 aliphatic carbocycles. The molecule has 0 amide bonds. The molecule has 1 aliphatic rings. The van der Waals surface area contributed by atoms with E-state index in [1.165, 1.54) is 0 Å². The zero-order chi connectivity index (χ0) is 20.2. The summed E-state index contributed by atoms with van der Waals surface area (Å²) in [6, 6.07) is 13.5. The molecule has 0 spiro atoms. The maximum absolute atomic E-state index is 12.7. The number of fused-ring (bicyclic) bond motifs is 1. The first kappa shape index (κ1) is 19.2. The fourth-order valence-corrected chi connectivity index (χ4v) is 3.57. The molecule has 2 aromatic heterocycles. The Morgan fingerprint density at radius 3 is 2.79 bits per heavy atom. The number of hydrogen-bond donors (Lipinski definition) is 5. The molecule has 0 saturated heterocycles. The highest BCUT2D eigenvalue weighted by atomic mass is 16.3. The van der Waals surface area contributed by atoms with E-state index in [1.807, 2.05) is 42.5 Å². The van der Waals surface area contributed by atoms with Gasteiger partial charge >= 0.3 is 0 Å². The number of ketones is 1. The number of aliphatic hydroxyl groups is 2. The number of Topliss-reactive ketones (excluding diaryl/α,β-unsaturated/α-hetero) is 1.